The Bertz CT molecular complexity index is 1420. The number of aliphatic hydroxyl groups excluding tert-OH is 1. The van der Waals surface area contributed by atoms with Crippen LogP contribution in [0.5, 0.6) is 5.75 Å². The Morgan fingerprint density at radius 3 is 2.65 bits per heavy atom. The monoisotopic (exact) mass is 569 g/mol. The molecule has 2 unspecified atom stereocenters. The molecule has 1 aromatic heterocycles. The molecule has 0 aliphatic carbocycles. The van der Waals surface area contributed by atoms with E-state index in [2.05, 4.69) is 14.6 Å². The largest absolute Gasteiger partial charge is 0.483 e. The van der Waals surface area contributed by atoms with Gasteiger partial charge in [-0.25, -0.2) is 0 Å². The van der Waals surface area contributed by atoms with E-state index in [0.29, 0.717) is 48.6 Å². The number of carbonyl (C=O) groups is 1. The van der Waals surface area contributed by atoms with Crippen molar-refractivity contribution in [1.29, 1.82) is 0 Å². The number of nitrogens with one attached hydrogen (secondary N) is 1. The number of likely N-dealkylation sites (tertiary alicyclic amines) is 1. The molecule has 2 aromatic carbocycles. The number of anilines is 1. The number of amides is 1. The molecule has 2 N–H and O–H groups in total. The summed E-state index contributed by atoms with van der Waals surface area (Å²) in [4.78, 5) is 21.6. The first-order chi connectivity index (χ1) is 19.3. The first-order valence-corrected chi connectivity index (χ1v) is 14.8. The molecule has 2 aliphatic heterocycles. The van der Waals surface area contributed by atoms with E-state index >= 15 is 0 Å². The van der Waals surface area contributed by atoms with E-state index in [1.54, 1.807) is 42.4 Å². The minimum Gasteiger partial charge on any atom is -0.483 e. The summed E-state index contributed by atoms with van der Waals surface area (Å²) in [7, 11) is -2.02. The van der Waals surface area contributed by atoms with Crippen LogP contribution in [-0.4, -0.2) is 104 Å². The number of aliphatic hydroxyl groups is 1. The molecule has 0 saturated carbocycles. The molecule has 3 heterocycles. The minimum absolute atomic E-state index is 0.203. The Kier molecular flexibility index (Phi) is 8.81. The van der Waals surface area contributed by atoms with E-state index in [-0.39, 0.29) is 37.7 Å². The number of aromatic nitrogens is 1. The maximum absolute atomic E-state index is 13.3. The van der Waals surface area contributed by atoms with Crippen LogP contribution in [0.25, 0.3) is 10.9 Å². The number of hydrogen-bond donors (Lipinski definition) is 2. The number of benzene rings is 2. The van der Waals surface area contributed by atoms with Gasteiger partial charge >= 0.3 is 10.2 Å². The lowest BCUT2D eigenvalue weighted by atomic mass is 10.0. The van der Waals surface area contributed by atoms with Gasteiger partial charge in [0.15, 0.2) is 6.61 Å². The molecule has 12 heteroatoms. The molecule has 0 spiro atoms. The first kappa shape index (κ1) is 28.2. The van der Waals surface area contributed by atoms with Gasteiger partial charge in [-0.1, -0.05) is 30.3 Å². The summed E-state index contributed by atoms with van der Waals surface area (Å²) in [6, 6.07) is 16.4. The number of ether oxygens (including phenoxy) is 2. The zero-order valence-electron chi connectivity index (χ0n) is 22.5. The standard InChI is InChI=1S/C28H35N5O6S/c1-31(25(21-6-3-2-4-7-21)19-32-13-11-22(34)18-32)27(35)20-39-26-10-9-24(28-23(26)8-5-12-29-28)30-40(36,37)33-14-16-38-17-15-33/h2-10,12,22,25,30,34H,11,13-20H2,1H3. The molecule has 214 valence electrons. The van der Waals surface area contributed by atoms with Gasteiger partial charge in [0.25, 0.3) is 5.91 Å². The predicted molar refractivity (Wildman–Crippen MR) is 151 cm³/mol. The van der Waals surface area contributed by atoms with Crippen LogP contribution in [-0.2, 0) is 19.7 Å². The normalized spacial score (nSPS) is 19.4. The van der Waals surface area contributed by atoms with Gasteiger partial charge in [-0.05, 0) is 36.2 Å². The van der Waals surface area contributed by atoms with Gasteiger partial charge in [-0.15, -0.1) is 0 Å². The van der Waals surface area contributed by atoms with Crippen LogP contribution in [0.15, 0.2) is 60.8 Å². The summed E-state index contributed by atoms with van der Waals surface area (Å²) < 4.78 is 41.1. The fourth-order valence-electron chi connectivity index (χ4n) is 5.11. The zero-order chi connectivity index (χ0) is 28.1. The van der Waals surface area contributed by atoms with E-state index in [0.717, 1.165) is 18.5 Å². The molecule has 5 rings (SSSR count). The average Bonchev–Trinajstić information content (AvgIpc) is 3.40. The van der Waals surface area contributed by atoms with Crippen LogP contribution in [0.3, 0.4) is 0 Å². The lowest BCUT2D eigenvalue weighted by Crippen LogP contribution is -2.43. The number of β-amino-alcohol motifs (C(OH)–C–C–N with tert-alkyl or cyclic N) is 1. The van der Waals surface area contributed by atoms with Gasteiger partial charge in [0.05, 0.1) is 36.6 Å². The van der Waals surface area contributed by atoms with Gasteiger partial charge < -0.3 is 19.5 Å². The highest BCUT2D eigenvalue weighted by Crippen LogP contribution is 2.31. The fraction of sp³-hybridized carbons (Fsp3) is 0.429. The lowest BCUT2D eigenvalue weighted by molar-refractivity contribution is -0.134. The molecule has 11 nitrogen and oxygen atoms in total. The third kappa shape index (κ3) is 6.53. The molecule has 2 aliphatic rings. The van der Waals surface area contributed by atoms with Crippen LogP contribution >= 0.6 is 0 Å². The number of hydrogen-bond acceptors (Lipinski definition) is 8. The molecule has 1 amide bonds. The molecular weight excluding hydrogens is 534 g/mol. The van der Waals surface area contributed by atoms with Crippen LogP contribution in [0.4, 0.5) is 5.69 Å². The summed E-state index contributed by atoms with van der Waals surface area (Å²) in [5, 5.41) is 10.6. The van der Waals surface area contributed by atoms with Crippen molar-refractivity contribution in [3.63, 3.8) is 0 Å². The smallest absolute Gasteiger partial charge is 0.301 e. The summed E-state index contributed by atoms with van der Waals surface area (Å²) >= 11 is 0. The quantitative estimate of drug-likeness (QED) is 0.379. The Labute approximate surface area is 234 Å². The number of fused-ring (bicyclic) bond motifs is 1. The van der Waals surface area contributed by atoms with E-state index in [1.807, 2.05) is 30.3 Å². The number of likely N-dealkylation sites (N-methyl/N-ethyl adjacent to an activating group) is 1. The molecule has 40 heavy (non-hydrogen) atoms. The molecule has 3 aromatic rings. The SMILES string of the molecule is CN(C(=O)COc1ccc(NS(=O)(=O)N2CCOCC2)c2ncccc12)C(CN1CCC(O)C1)c1ccccc1. The van der Waals surface area contributed by atoms with E-state index < -0.39 is 10.2 Å². The molecule has 2 atom stereocenters. The Morgan fingerprint density at radius 1 is 1.15 bits per heavy atom. The predicted octanol–water partition coefficient (Wildman–Crippen LogP) is 1.87. The maximum atomic E-state index is 13.3. The maximum Gasteiger partial charge on any atom is 0.301 e. The highest BCUT2D eigenvalue weighted by molar-refractivity contribution is 7.90. The van der Waals surface area contributed by atoms with Crippen LogP contribution in [0, 0.1) is 0 Å². The number of carbonyl (C=O) groups excluding carboxylic acids is 1. The van der Waals surface area contributed by atoms with Gasteiger partial charge in [0.2, 0.25) is 0 Å². The average molecular weight is 570 g/mol. The molecular formula is C28H35N5O6S. The van der Waals surface area contributed by atoms with Gasteiger partial charge in [0, 0.05) is 51.4 Å². The minimum atomic E-state index is -3.79. The number of rotatable bonds is 10. The Hall–Kier alpha value is -3.29. The van der Waals surface area contributed by atoms with E-state index in [9.17, 15) is 18.3 Å². The second-order valence-corrected chi connectivity index (χ2v) is 11.7. The van der Waals surface area contributed by atoms with Crippen molar-refractivity contribution in [1.82, 2.24) is 19.1 Å². The van der Waals surface area contributed by atoms with Crippen molar-refractivity contribution in [2.45, 2.75) is 18.6 Å². The van der Waals surface area contributed by atoms with Crippen LogP contribution < -0.4 is 9.46 Å². The second kappa shape index (κ2) is 12.5. The van der Waals surface area contributed by atoms with Crippen molar-refractivity contribution < 1.29 is 27.8 Å². The number of morpholine rings is 1. The number of nitrogens with zero attached hydrogens (tertiary/aromatic N) is 4. The first-order valence-electron chi connectivity index (χ1n) is 13.4. The molecule has 2 saturated heterocycles. The van der Waals surface area contributed by atoms with Crippen LogP contribution in [0.1, 0.15) is 18.0 Å². The van der Waals surface area contributed by atoms with Gasteiger partial charge in [-0.2, -0.15) is 12.7 Å². The van der Waals surface area contributed by atoms with Crippen molar-refractivity contribution in [2.24, 2.45) is 0 Å². The topological polar surface area (TPSA) is 125 Å². The summed E-state index contributed by atoms with van der Waals surface area (Å²) in [5.41, 5.74) is 1.76. The van der Waals surface area contributed by atoms with Gasteiger partial charge in [-0.3, -0.25) is 19.4 Å². The van der Waals surface area contributed by atoms with Crippen molar-refractivity contribution >= 4 is 32.7 Å². The summed E-state index contributed by atoms with van der Waals surface area (Å²) in [6.07, 6.45) is 1.96. The van der Waals surface area contributed by atoms with E-state index in [1.165, 1.54) is 4.31 Å². The van der Waals surface area contributed by atoms with Crippen molar-refractivity contribution in [2.75, 3.05) is 64.3 Å². The van der Waals surface area contributed by atoms with E-state index in [4.69, 9.17) is 9.47 Å². The zero-order valence-corrected chi connectivity index (χ0v) is 23.3. The molecule has 0 bridgehead atoms. The van der Waals surface area contributed by atoms with Crippen LogP contribution in [0.2, 0.25) is 0 Å². The van der Waals surface area contributed by atoms with Crippen molar-refractivity contribution in [3.8, 4) is 5.75 Å². The Balaban J connectivity index is 1.30. The third-order valence-corrected chi connectivity index (χ3v) is 8.88. The molecule has 2 fully saturated rings. The fourth-order valence-corrected chi connectivity index (χ4v) is 6.31. The molecule has 0 radical (unpaired) electrons. The third-order valence-electron chi connectivity index (χ3n) is 7.35. The summed E-state index contributed by atoms with van der Waals surface area (Å²) in [6.45, 7) is 3.02. The highest BCUT2D eigenvalue weighted by atomic mass is 32.2. The second-order valence-electron chi connectivity index (χ2n) is 10.1. The highest BCUT2D eigenvalue weighted by Gasteiger charge is 2.29. The van der Waals surface area contributed by atoms with Gasteiger partial charge in [0.1, 0.15) is 5.75 Å². The lowest BCUT2D eigenvalue weighted by Gasteiger charge is -2.32. The number of pyridine rings is 1. The Morgan fingerprint density at radius 2 is 1.93 bits per heavy atom. The summed E-state index contributed by atoms with van der Waals surface area (Å²) in [5.74, 6) is 0.223. The van der Waals surface area contributed by atoms with Crippen molar-refractivity contribution in [3.05, 3.63) is 66.4 Å².